The topological polar surface area (TPSA) is 20.3 Å². The zero-order chi connectivity index (χ0) is 17.9. The van der Waals surface area contributed by atoms with Gasteiger partial charge in [0.15, 0.2) is 0 Å². The van der Waals surface area contributed by atoms with Crippen LogP contribution in [0.3, 0.4) is 0 Å². The van der Waals surface area contributed by atoms with Gasteiger partial charge in [0.25, 0.3) is 0 Å². The Morgan fingerprint density at radius 2 is 1.88 bits per heavy atom. The molecule has 2 heterocycles. The number of nitrogens with zero attached hydrogens (tertiary/aromatic N) is 1. The van der Waals surface area contributed by atoms with E-state index in [9.17, 15) is 9.18 Å². The van der Waals surface area contributed by atoms with E-state index in [2.05, 4.69) is 31.2 Å². The summed E-state index contributed by atoms with van der Waals surface area (Å²) < 4.78 is 13.9. The predicted octanol–water partition coefficient (Wildman–Crippen LogP) is 5.31. The summed E-state index contributed by atoms with van der Waals surface area (Å²) in [5.74, 6) is -0.0983. The van der Waals surface area contributed by atoms with Gasteiger partial charge in [0, 0.05) is 12.0 Å². The molecule has 0 aliphatic carbocycles. The molecule has 0 bridgehead atoms. The molecule has 2 aliphatic rings. The van der Waals surface area contributed by atoms with Crippen molar-refractivity contribution in [2.45, 2.75) is 25.3 Å². The standard InChI is InChI=1S/C23H18FNO/c1-23-12-11-21(26)25(23)20-10-9-15-5-2-3-8-18(15)22(20)19(14-23)16-6-4-7-17(24)13-16/h2-10,13-14H,11-12H2,1H3. The average Bonchev–Trinajstić information content (AvgIpc) is 2.95. The molecule has 3 aromatic rings. The summed E-state index contributed by atoms with van der Waals surface area (Å²) in [4.78, 5) is 14.6. The van der Waals surface area contributed by atoms with Crippen LogP contribution in [0.15, 0.2) is 66.7 Å². The molecule has 1 atom stereocenters. The molecule has 26 heavy (non-hydrogen) atoms. The summed E-state index contributed by atoms with van der Waals surface area (Å²) in [5.41, 5.74) is 3.43. The zero-order valence-corrected chi connectivity index (χ0v) is 14.5. The van der Waals surface area contributed by atoms with Gasteiger partial charge in [-0.1, -0.05) is 48.5 Å². The van der Waals surface area contributed by atoms with Crippen molar-refractivity contribution in [3.63, 3.8) is 0 Å². The maximum atomic E-state index is 13.9. The number of hydrogen-bond acceptors (Lipinski definition) is 1. The molecule has 0 spiro atoms. The van der Waals surface area contributed by atoms with E-state index in [0.717, 1.165) is 39.6 Å². The highest BCUT2D eigenvalue weighted by Crippen LogP contribution is 2.49. The van der Waals surface area contributed by atoms with Gasteiger partial charge >= 0.3 is 0 Å². The Hall–Kier alpha value is -2.94. The van der Waals surface area contributed by atoms with Gasteiger partial charge in [-0.2, -0.15) is 0 Å². The van der Waals surface area contributed by atoms with Crippen LogP contribution in [0.5, 0.6) is 0 Å². The Morgan fingerprint density at radius 3 is 2.73 bits per heavy atom. The molecule has 2 aliphatic heterocycles. The number of benzene rings is 3. The van der Waals surface area contributed by atoms with Gasteiger partial charge in [0.1, 0.15) is 5.82 Å². The molecule has 1 unspecified atom stereocenters. The molecule has 0 saturated carbocycles. The molecule has 0 radical (unpaired) electrons. The largest absolute Gasteiger partial charge is 0.302 e. The lowest BCUT2D eigenvalue weighted by Crippen LogP contribution is -2.44. The highest BCUT2D eigenvalue weighted by Gasteiger charge is 2.45. The van der Waals surface area contributed by atoms with Gasteiger partial charge in [-0.3, -0.25) is 4.79 Å². The minimum atomic E-state index is -0.367. The third-order valence-electron chi connectivity index (χ3n) is 5.61. The highest BCUT2D eigenvalue weighted by atomic mass is 19.1. The molecule has 5 rings (SSSR count). The van der Waals surface area contributed by atoms with Crippen molar-refractivity contribution in [3.05, 3.63) is 83.7 Å². The normalized spacial score (nSPS) is 21.5. The number of halogens is 1. The minimum absolute atomic E-state index is 0.151. The fraction of sp³-hybridized carbons (Fsp3) is 0.174. The van der Waals surface area contributed by atoms with Crippen LogP contribution < -0.4 is 4.90 Å². The lowest BCUT2D eigenvalue weighted by atomic mass is 9.82. The molecule has 128 valence electrons. The van der Waals surface area contributed by atoms with E-state index in [1.165, 1.54) is 6.07 Å². The second kappa shape index (κ2) is 5.28. The van der Waals surface area contributed by atoms with Crippen molar-refractivity contribution in [3.8, 4) is 0 Å². The van der Waals surface area contributed by atoms with E-state index in [1.54, 1.807) is 12.1 Å². The van der Waals surface area contributed by atoms with Gasteiger partial charge in [-0.25, -0.2) is 4.39 Å². The second-order valence-corrected chi connectivity index (χ2v) is 7.34. The van der Waals surface area contributed by atoms with Crippen LogP contribution in [0.4, 0.5) is 10.1 Å². The van der Waals surface area contributed by atoms with Crippen LogP contribution in [0.25, 0.3) is 16.3 Å². The van der Waals surface area contributed by atoms with E-state index in [0.29, 0.717) is 6.42 Å². The monoisotopic (exact) mass is 343 g/mol. The first-order valence-electron chi connectivity index (χ1n) is 8.91. The Bertz CT molecular complexity index is 1100. The van der Waals surface area contributed by atoms with Gasteiger partial charge < -0.3 is 4.90 Å². The van der Waals surface area contributed by atoms with Crippen molar-refractivity contribution < 1.29 is 9.18 Å². The van der Waals surface area contributed by atoms with E-state index in [-0.39, 0.29) is 17.3 Å². The number of amides is 1. The molecule has 0 N–H and O–H groups in total. The van der Waals surface area contributed by atoms with Crippen LogP contribution in [0.1, 0.15) is 30.9 Å². The average molecular weight is 343 g/mol. The molecule has 1 amide bonds. The lowest BCUT2D eigenvalue weighted by molar-refractivity contribution is -0.117. The highest BCUT2D eigenvalue weighted by molar-refractivity contribution is 6.11. The van der Waals surface area contributed by atoms with Crippen LogP contribution in [-0.4, -0.2) is 11.4 Å². The van der Waals surface area contributed by atoms with Crippen LogP contribution >= 0.6 is 0 Å². The first-order chi connectivity index (χ1) is 12.6. The Morgan fingerprint density at radius 1 is 1.04 bits per heavy atom. The number of hydrogen-bond donors (Lipinski definition) is 0. The molecule has 2 nitrogen and oxygen atoms in total. The van der Waals surface area contributed by atoms with E-state index in [1.807, 2.05) is 29.2 Å². The quantitative estimate of drug-likeness (QED) is 0.586. The fourth-order valence-electron chi connectivity index (χ4n) is 4.41. The van der Waals surface area contributed by atoms with Crippen LogP contribution in [0, 0.1) is 5.82 Å². The van der Waals surface area contributed by atoms with Crippen molar-refractivity contribution >= 4 is 27.9 Å². The summed E-state index contributed by atoms with van der Waals surface area (Å²) in [6.07, 6.45) is 3.47. The first-order valence-corrected chi connectivity index (χ1v) is 8.91. The fourth-order valence-corrected chi connectivity index (χ4v) is 4.41. The first kappa shape index (κ1) is 15.3. The van der Waals surface area contributed by atoms with Crippen molar-refractivity contribution in [1.82, 2.24) is 0 Å². The molecule has 3 aromatic carbocycles. The van der Waals surface area contributed by atoms with Gasteiger partial charge in [-0.15, -0.1) is 0 Å². The third kappa shape index (κ3) is 2.07. The summed E-state index contributed by atoms with van der Waals surface area (Å²) in [7, 11) is 0. The van der Waals surface area contributed by atoms with Gasteiger partial charge in [0.2, 0.25) is 5.91 Å². The predicted molar refractivity (Wildman–Crippen MR) is 103 cm³/mol. The van der Waals surface area contributed by atoms with E-state index >= 15 is 0 Å². The van der Waals surface area contributed by atoms with Gasteiger partial charge in [0.05, 0.1) is 11.2 Å². The van der Waals surface area contributed by atoms with E-state index < -0.39 is 0 Å². The molecular weight excluding hydrogens is 325 g/mol. The molecule has 0 aromatic heterocycles. The van der Waals surface area contributed by atoms with Crippen molar-refractivity contribution in [1.29, 1.82) is 0 Å². The molecule has 3 heteroatoms. The Kier molecular flexibility index (Phi) is 3.11. The summed E-state index contributed by atoms with van der Waals surface area (Å²) in [5, 5.41) is 2.20. The Balaban J connectivity index is 1.88. The van der Waals surface area contributed by atoms with Crippen LogP contribution in [-0.2, 0) is 4.79 Å². The zero-order valence-electron chi connectivity index (χ0n) is 14.5. The maximum absolute atomic E-state index is 13.9. The van der Waals surface area contributed by atoms with E-state index in [4.69, 9.17) is 0 Å². The molecular formula is C23H18FNO. The lowest BCUT2D eigenvalue weighted by Gasteiger charge is -2.39. The summed E-state index contributed by atoms with van der Waals surface area (Å²) in [6, 6.07) is 19.0. The number of rotatable bonds is 1. The third-order valence-corrected chi connectivity index (χ3v) is 5.61. The number of anilines is 1. The second-order valence-electron chi connectivity index (χ2n) is 7.34. The summed E-state index contributed by atoms with van der Waals surface area (Å²) in [6.45, 7) is 2.09. The van der Waals surface area contributed by atoms with Crippen molar-refractivity contribution in [2.24, 2.45) is 0 Å². The SMILES string of the molecule is CC12C=C(c3cccc(F)c3)c3c(ccc4ccccc34)N1C(=O)CC2. The number of fused-ring (bicyclic) bond motifs is 5. The maximum Gasteiger partial charge on any atom is 0.227 e. The number of carbonyl (C=O) groups is 1. The molecule has 1 saturated heterocycles. The summed E-state index contributed by atoms with van der Waals surface area (Å²) >= 11 is 0. The van der Waals surface area contributed by atoms with Crippen molar-refractivity contribution in [2.75, 3.05) is 4.90 Å². The van der Waals surface area contributed by atoms with Gasteiger partial charge in [-0.05, 0) is 53.5 Å². The number of carbonyl (C=O) groups excluding carboxylic acids is 1. The minimum Gasteiger partial charge on any atom is -0.302 e. The van der Waals surface area contributed by atoms with Crippen LogP contribution in [0.2, 0.25) is 0 Å². The Labute approximate surface area is 151 Å². The molecule has 1 fully saturated rings. The smallest absolute Gasteiger partial charge is 0.227 e.